The zero-order valence-electron chi connectivity index (χ0n) is 14.2. The average molecular weight is 359 g/mol. The summed E-state index contributed by atoms with van der Waals surface area (Å²) in [6, 6.07) is 7.90. The van der Waals surface area contributed by atoms with Gasteiger partial charge in [0.25, 0.3) is 5.91 Å². The van der Waals surface area contributed by atoms with Crippen LogP contribution >= 0.6 is 11.6 Å². The maximum absolute atomic E-state index is 12.3. The average Bonchev–Trinajstić information content (AvgIpc) is 2.90. The van der Waals surface area contributed by atoms with Crippen molar-refractivity contribution < 1.29 is 4.79 Å². The topological polar surface area (TPSA) is 66.9 Å². The first-order chi connectivity index (χ1) is 12.2. The number of benzene rings is 1. The molecule has 0 spiro atoms. The van der Waals surface area contributed by atoms with Crippen LogP contribution in [0.2, 0.25) is 5.02 Å². The van der Waals surface area contributed by atoms with Gasteiger partial charge < -0.3 is 10.6 Å². The molecule has 1 aromatic heterocycles. The number of carbonyl (C=O) groups is 1. The normalized spacial score (nSPS) is 15.4. The highest BCUT2D eigenvalue weighted by Gasteiger charge is 2.16. The van der Waals surface area contributed by atoms with Gasteiger partial charge in [-0.05, 0) is 24.5 Å². The largest absolute Gasteiger partial charge is 0.350 e. The van der Waals surface area contributed by atoms with Gasteiger partial charge in [-0.2, -0.15) is 0 Å². The number of anilines is 1. The van der Waals surface area contributed by atoms with Gasteiger partial charge in [0.05, 0.1) is 5.56 Å². The van der Waals surface area contributed by atoms with Gasteiger partial charge in [0.1, 0.15) is 0 Å². The van der Waals surface area contributed by atoms with Crippen molar-refractivity contribution in [1.82, 2.24) is 15.3 Å². The highest BCUT2D eigenvalue weighted by molar-refractivity contribution is 6.31. The first kappa shape index (κ1) is 17.7. The van der Waals surface area contributed by atoms with Gasteiger partial charge in [0.2, 0.25) is 5.95 Å². The molecule has 0 bridgehead atoms. The molecule has 1 aromatic carbocycles. The number of aromatic nitrogens is 2. The predicted molar refractivity (Wildman–Crippen MR) is 99.8 cm³/mol. The van der Waals surface area contributed by atoms with E-state index in [1.807, 2.05) is 24.3 Å². The minimum Gasteiger partial charge on any atom is -0.350 e. The van der Waals surface area contributed by atoms with Crippen LogP contribution in [0.1, 0.15) is 54.4 Å². The van der Waals surface area contributed by atoms with Gasteiger partial charge in [0.15, 0.2) is 0 Å². The zero-order chi connectivity index (χ0) is 17.5. The molecule has 6 heteroatoms. The maximum Gasteiger partial charge on any atom is 0.254 e. The number of nitrogens with one attached hydrogen (secondary N) is 2. The second kappa shape index (κ2) is 8.81. The van der Waals surface area contributed by atoms with Crippen LogP contribution in [0.3, 0.4) is 0 Å². The van der Waals surface area contributed by atoms with E-state index in [1.165, 1.54) is 25.7 Å². The first-order valence-electron chi connectivity index (χ1n) is 8.82. The van der Waals surface area contributed by atoms with E-state index >= 15 is 0 Å². The van der Waals surface area contributed by atoms with E-state index in [1.54, 1.807) is 12.4 Å². The molecule has 2 aromatic rings. The van der Waals surface area contributed by atoms with E-state index in [-0.39, 0.29) is 11.9 Å². The van der Waals surface area contributed by atoms with Gasteiger partial charge in [-0.25, -0.2) is 9.97 Å². The molecular formula is C19H23ClN4O. The Bertz CT molecular complexity index is 697. The summed E-state index contributed by atoms with van der Waals surface area (Å²) >= 11 is 6.13. The molecule has 1 aliphatic rings. The highest BCUT2D eigenvalue weighted by Crippen LogP contribution is 2.18. The van der Waals surface area contributed by atoms with E-state index in [0.717, 1.165) is 18.4 Å². The highest BCUT2D eigenvalue weighted by atomic mass is 35.5. The minimum atomic E-state index is -0.0930. The molecule has 5 nitrogen and oxygen atoms in total. The summed E-state index contributed by atoms with van der Waals surface area (Å²) in [6.07, 6.45) is 10.2. The lowest BCUT2D eigenvalue weighted by Crippen LogP contribution is -2.34. The van der Waals surface area contributed by atoms with E-state index in [9.17, 15) is 4.79 Å². The van der Waals surface area contributed by atoms with Crippen molar-refractivity contribution in [3.05, 3.63) is 52.8 Å². The van der Waals surface area contributed by atoms with Crippen molar-refractivity contribution >= 4 is 23.5 Å². The molecule has 132 valence electrons. The van der Waals surface area contributed by atoms with E-state index < -0.39 is 0 Å². The van der Waals surface area contributed by atoms with Crippen LogP contribution in [0, 0.1) is 0 Å². The fraction of sp³-hybridized carbons (Fsp3) is 0.421. The monoisotopic (exact) mass is 358 g/mol. The molecule has 25 heavy (non-hydrogen) atoms. The number of hydrogen-bond donors (Lipinski definition) is 2. The van der Waals surface area contributed by atoms with Crippen LogP contribution in [-0.2, 0) is 6.54 Å². The number of amides is 1. The number of hydrogen-bond acceptors (Lipinski definition) is 4. The fourth-order valence-electron chi connectivity index (χ4n) is 3.05. The summed E-state index contributed by atoms with van der Waals surface area (Å²) in [5.74, 6) is 0.385. The van der Waals surface area contributed by atoms with Gasteiger partial charge in [0, 0.05) is 30.0 Å². The third-order valence-electron chi connectivity index (χ3n) is 4.50. The Balaban J connectivity index is 1.54. The van der Waals surface area contributed by atoms with Gasteiger partial charge in [-0.15, -0.1) is 0 Å². The van der Waals surface area contributed by atoms with E-state index in [4.69, 9.17) is 11.6 Å². The lowest BCUT2D eigenvalue weighted by molar-refractivity contribution is 0.0932. The van der Waals surface area contributed by atoms with Crippen LogP contribution < -0.4 is 10.6 Å². The number of carbonyl (C=O) groups excluding carboxylic acids is 1. The summed E-state index contributed by atoms with van der Waals surface area (Å²) in [6.45, 7) is 0.535. The van der Waals surface area contributed by atoms with Crippen LogP contribution in [-0.4, -0.2) is 21.9 Å². The number of rotatable bonds is 5. The molecule has 0 radical (unpaired) electrons. The quantitative estimate of drug-likeness (QED) is 0.786. The molecule has 1 fully saturated rings. The Kier molecular flexibility index (Phi) is 6.23. The number of nitrogens with zero attached hydrogens (tertiary/aromatic N) is 2. The van der Waals surface area contributed by atoms with Crippen LogP contribution in [0.15, 0.2) is 36.7 Å². The van der Waals surface area contributed by atoms with Crippen molar-refractivity contribution in [2.75, 3.05) is 5.32 Å². The van der Waals surface area contributed by atoms with Gasteiger partial charge >= 0.3 is 0 Å². The molecule has 0 unspecified atom stereocenters. The number of halogens is 1. The maximum atomic E-state index is 12.3. The third kappa shape index (κ3) is 5.16. The predicted octanol–water partition coefficient (Wildman–Crippen LogP) is 4.19. The summed E-state index contributed by atoms with van der Waals surface area (Å²) < 4.78 is 0. The SMILES string of the molecule is O=C(NC1CCCCCC1)c1cnc(NCc2ccccc2Cl)nc1. The first-order valence-corrected chi connectivity index (χ1v) is 9.20. The molecule has 0 aliphatic heterocycles. The minimum absolute atomic E-state index is 0.0930. The second-order valence-corrected chi connectivity index (χ2v) is 6.81. The van der Waals surface area contributed by atoms with Crippen molar-refractivity contribution in [3.63, 3.8) is 0 Å². The Labute approximate surface area is 153 Å². The molecule has 1 amide bonds. The third-order valence-corrected chi connectivity index (χ3v) is 4.87. The zero-order valence-corrected chi connectivity index (χ0v) is 14.9. The smallest absolute Gasteiger partial charge is 0.254 e. The molecule has 1 heterocycles. The summed E-state index contributed by atoms with van der Waals surface area (Å²) in [5, 5.41) is 6.93. The van der Waals surface area contributed by atoms with Gasteiger partial charge in [-0.1, -0.05) is 55.5 Å². The molecule has 0 atom stereocenters. The fourth-order valence-corrected chi connectivity index (χ4v) is 3.25. The summed E-state index contributed by atoms with van der Waals surface area (Å²) in [4.78, 5) is 20.8. The second-order valence-electron chi connectivity index (χ2n) is 6.40. The van der Waals surface area contributed by atoms with Crippen LogP contribution in [0.5, 0.6) is 0 Å². The summed E-state index contributed by atoms with van der Waals surface area (Å²) in [7, 11) is 0. The Morgan fingerprint density at radius 1 is 1.08 bits per heavy atom. The van der Waals surface area contributed by atoms with Crippen LogP contribution in [0.4, 0.5) is 5.95 Å². The van der Waals surface area contributed by atoms with E-state index in [0.29, 0.717) is 23.1 Å². The molecule has 2 N–H and O–H groups in total. The van der Waals surface area contributed by atoms with E-state index in [2.05, 4.69) is 20.6 Å². The van der Waals surface area contributed by atoms with Crippen molar-refractivity contribution in [2.45, 2.75) is 51.1 Å². The van der Waals surface area contributed by atoms with Crippen molar-refractivity contribution in [3.8, 4) is 0 Å². The molecule has 0 saturated heterocycles. The standard InChI is InChI=1S/C19H23ClN4O/c20-17-10-6-5-7-14(17)11-21-19-22-12-15(13-23-19)18(25)24-16-8-3-1-2-4-9-16/h5-7,10,12-13,16H,1-4,8-9,11H2,(H,24,25)(H,21,22,23). The molecule has 1 aliphatic carbocycles. The summed E-state index contributed by atoms with van der Waals surface area (Å²) in [5.41, 5.74) is 1.47. The Morgan fingerprint density at radius 2 is 1.76 bits per heavy atom. The lowest BCUT2D eigenvalue weighted by atomic mass is 10.1. The van der Waals surface area contributed by atoms with Crippen molar-refractivity contribution in [2.24, 2.45) is 0 Å². The van der Waals surface area contributed by atoms with Gasteiger partial charge in [-0.3, -0.25) is 4.79 Å². The molecular weight excluding hydrogens is 336 g/mol. The Hall–Kier alpha value is -2.14. The molecule has 1 saturated carbocycles. The Morgan fingerprint density at radius 3 is 2.44 bits per heavy atom. The van der Waals surface area contributed by atoms with Crippen molar-refractivity contribution in [1.29, 1.82) is 0 Å². The van der Waals surface area contributed by atoms with Crippen LogP contribution in [0.25, 0.3) is 0 Å². The molecule has 3 rings (SSSR count). The lowest BCUT2D eigenvalue weighted by Gasteiger charge is -2.16.